The fourth-order valence-corrected chi connectivity index (χ4v) is 11.4. The molecule has 6 aromatic carbocycles. The number of rotatable bonds is 15. The van der Waals surface area contributed by atoms with Crippen LogP contribution in [0, 0.1) is 0 Å². The van der Waals surface area contributed by atoms with Crippen LogP contribution in [0.25, 0.3) is 0 Å². The first-order valence-corrected chi connectivity index (χ1v) is 33.5. The van der Waals surface area contributed by atoms with Gasteiger partial charge in [0.05, 0.1) is 45.2 Å². The summed E-state index contributed by atoms with van der Waals surface area (Å²) in [5, 5.41) is 3.27. The van der Waals surface area contributed by atoms with Crippen LogP contribution in [0.4, 0.5) is 84.5 Å². The Labute approximate surface area is 543 Å². The van der Waals surface area contributed by atoms with Crippen molar-refractivity contribution in [3.63, 3.8) is 0 Å². The summed E-state index contributed by atoms with van der Waals surface area (Å²) < 4.78 is 158. The molecule has 0 bridgehead atoms. The summed E-state index contributed by atoms with van der Waals surface area (Å²) in [6, 6.07) is 24.7. The Hall–Kier alpha value is -9.02. The molecule has 0 radical (unpaired) electrons. The molecule has 1 fully saturated rings. The molecule has 0 unspecified atom stereocenters. The molecule has 7 heterocycles. The average Bonchev–Trinajstić information content (AvgIpc) is 0.796. The Kier molecular flexibility index (Phi) is 18.0. The van der Waals surface area contributed by atoms with E-state index in [-0.39, 0.29) is 37.0 Å². The van der Waals surface area contributed by atoms with Gasteiger partial charge in [0, 0.05) is 223 Å². The second kappa shape index (κ2) is 24.3. The van der Waals surface area contributed by atoms with Gasteiger partial charge in [-0.3, -0.25) is 14.4 Å². The van der Waals surface area contributed by atoms with Crippen LogP contribution in [0.15, 0.2) is 72.8 Å². The summed E-state index contributed by atoms with van der Waals surface area (Å²) >= 11 is 0. The van der Waals surface area contributed by atoms with Crippen molar-refractivity contribution in [1.82, 2.24) is 10.4 Å². The third-order valence-corrected chi connectivity index (χ3v) is 15.8. The van der Waals surface area contributed by atoms with Crippen LogP contribution in [0.3, 0.4) is 0 Å². The van der Waals surface area contributed by atoms with Gasteiger partial charge in [0.15, 0.2) is 0 Å². The quantitative estimate of drug-likeness (QED) is 0.0558. The molecule has 0 aromatic heterocycles. The summed E-state index contributed by atoms with van der Waals surface area (Å²) in [7, 11) is 1.83. The molecule has 7 aliphatic heterocycles. The van der Waals surface area contributed by atoms with Crippen LogP contribution < -0.4 is 68.9 Å². The molecule has 34 heteroatoms. The molecule has 0 spiro atoms. The third kappa shape index (κ3) is 16.6. The minimum absolute atomic E-state index is 0.0312. The van der Waals surface area contributed by atoms with Gasteiger partial charge in [0.1, 0.15) is 69.0 Å². The summed E-state index contributed by atoms with van der Waals surface area (Å²) in [5.74, 6) is 7.59. The maximum atomic E-state index is 12.3. The number of anilines is 6. The molecular formula is C62H69F12N9O11P2-2. The van der Waals surface area contributed by atoms with Gasteiger partial charge in [0.2, 0.25) is 5.91 Å². The topological polar surface area (TPSA) is 194 Å². The van der Waals surface area contributed by atoms with E-state index in [1.54, 1.807) is 7.05 Å². The van der Waals surface area contributed by atoms with E-state index in [1.807, 2.05) is 109 Å². The number of hydrogen-bond donors (Lipinski definition) is 2. The van der Waals surface area contributed by atoms with Crippen molar-refractivity contribution in [3.8, 4) is 69.0 Å². The molecule has 6 aromatic rings. The normalized spacial score (nSPS) is 15.5. The van der Waals surface area contributed by atoms with Crippen LogP contribution in [-0.2, 0) is 24.0 Å². The van der Waals surface area contributed by atoms with E-state index in [9.17, 15) is 69.5 Å². The first-order valence-electron chi connectivity index (χ1n) is 29.5. The fraction of sp³-hybridized carbons (Fsp3) is 0.355. The minimum atomic E-state index is -10.7. The summed E-state index contributed by atoms with van der Waals surface area (Å²) in [6.45, 7) is 1.25. The molecule has 20 nitrogen and oxygen atoms in total. The Morgan fingerprint density at radius 3 is 0.844 bits per heavy atom. The molecule has 0 atom stereocenters. The van der Waals surface area contributed by atoms with E-state index in [0.717, 1.165) is 138 Å². The molecule has 524 valence electrons. The van der Waals surface area contributed by atoms with Gasteiger partial charge in [-0.25, -0.2) is 4.79 Å². The zero-order valence-corrected chi connectivity index (χ0v) is 55.7. The van der Waals surface area contributed by atoms with Gasteiger partial charge in [-0.05, 0) is 19.9 Å². The van der Waals surface area contributed by atoms with Crippen molar-refractivity contribution >= 4 is 73.4 Å². The molecule has 96 heavy (non-hydrogen) atoms. The van der Waals surface area contributed by atoms with Gasteiger partial charge >= 0.3 is 71.9 Å². The number of halogens is 12. The maximum absolute atomic E-state index is 12.3. The standard InChI is InChI=1S/C32H32N4O7.C29H32N4O4.CH5N.2F6P/c1-33(2)17-11-20-29-22(13-17)41-24-15-19(35(5)10-6-7-28(39)43-36-26(37)8-9-27(36)38)16-25-31(24)32(29)30-21(40-20)12-18(34(3)4)14-23(30)42-25;1-30-25(34)8-7-9-33(6)18-14-23-28-24(15-18)37-22-13-17(32(4)5)11-20-27(22)29(28)26-19(35-20)10-16(31(2)3)12-21(26)36-23;1-2;2*1-7(2,3,4,5)6/h11-16,32H,6-10H2,1-5H3;10-15,29H,7-9H2,1-6H3,(H,30,34);2H2,1H3;;/q;;;2*-1. The second-order valence-electron chi connectivity index (χ2n) is 23.9. The number of benzene rings is 6. The van der Waals surface area contributed by atoms with Gasteiger partial charge in [-0.1, -0.05) is 0 Å². The SMILES string of the molecule is CN.CN(C)c1cc2c3c(c1)Oc1cc(N(C)CCCC(=O)ON4C(=O)CCC4=O)cc4c1C3c1c(cc(N(C)C)cc1O4)O2.CNC(=O)CCCN(C)c1cc2c3c(c1)Oc1cc(N(C)C)cc4c1C3c1c(cc(N(C)C)cc1O2)O4.F[P-](F)(F)(F)(F)F.F[P-](F)(F)(F)(F)F. The van der Waals surface area contributed by atoms with Crippen LogP contribution >= 0.6 is 15.6 Å². The molecule has 7 aliphatic rings. The van der Waals surface area contributed by atoms with Crippen LogP contribution in [0.1, 0.15) is 83.7 Å². The zero-order valence-electron chi connectivity index (χ0n) is 53.9. The molecule has 3 N–H and O–H groups in total. The van der Waals surface area contributed by atoms with E-state index in [2.05, 4.69) is 74.3 Å². The Balaban J connectivity index is 0.000000185. The van der Waals surface area contributed by atoms with Crippen LogP contribution in [0.5, 0.6) is 69.0 Å². The number of hydroxylamine groups is 2. The fourth-order valence-electron chi connectivity index (χ4n) is 11.4. The van der Waals surface area contributed by atoms with Crippen molar-refractivity contribution in [2.45, 2.75) is 50.4 Å². The first kappa shape index (κ1) is 71.3. The summed E-state index contributed by atoms with van der Waals surface area (Å²) in [6.07, 6.45) is 1.88. The molecule has 3 amide bonds. The molecular weight excluding hydrogens is 1340 g/mol. The number of amides is 3. The number of nitrogens with one attached hydrogen (secondary N) is 1. The van der Waals surface area contributed by atoms with E-state index < -0.39 is 33.4 Å². The van der Waals surface area contributed by atoms with Crippen LogP contribution in [0.2, 0.25) is 0 Å². The van der Waals surface area contributed by atoms with Crippen molar-refractivity contribution < 1.29 is 103 Å². The van der Waals surface area contributed by atoms with Gasteiger partial charge in [0.25, 0.3) is 11.8 Å². The van der Waals surface area contributed by atoms with Crippen molar-refractivity contribution in [1.29, 1.82) is 0 Å². The third-order valence-electron chi connectivity index (χ3n) is 15.8. The summed E-state index contributed by atoms with van der Waals surface area (Å²) in [4.78, 5) is 64.9. The van der Waals surface area contributed by atoms with E-state index in [4.69, 9.17) is 33.3 Å². The van der Waals surface area contributed by atoms with Gasteiger partial charge in [-0.15, -0.1) is 5.06 Å². The average molecular weight is 1410 g/mol. The Morgan fingerprint density at radius 1 is 0.427 bits per heavy atom. The Morgan fingerprint density at radius 2 is 0.635 bits per heavy atom. The molecule has 13 rings (SSSR count). The van der Waals surface area contributed by atoms with E-state index >= 15 is 0 Å². The Bertz CT molecular complexity index is 3910. The van der Waals surface area contributed by atoms with Crippen molar-refractivity contribution in [2.75, 3.05) is 127 Å². The second-order valence-corrected chi connectivity index (χ2v) is 27.7. The van der Waals surface area contributed by atoms with Gasteiger partial charge in [-0.2, -0.15) is 0 Å². The number of carbonyl (C=O) groups is 4. The molecule has 0 saturated carbocycles. The predicted octanol–water partition coefficient (Wildman–Crippen LogP) is 16.8. The first-order chi connectivity index (χ1) is 44.2. The van der Waals surface area contributed by atoms with E-state index in [1.165, 1.54) is 7.05 Å². The number of imide groups is 1. The van der Waals surface area contributed by atoms with E-state index in [0.29, 0.717) is 35.9 Å². The molecule has 1 saturated heterocycles. The zero-order chi connectivity index (χ0) is 71.0. The van der Waals surface area contributed by atoms with Crippen LogP contribution in [-0.4, -0.2) is 126 Å². The summed E-state index contributed by atoms with van der Waals surface area (Å²) in [5.41, 5.74) is 16.4. The molecule has 0 aliphatic carbocycles. The number of ether oxygens (including phenoxy) is 6. The number of nitrogens with zero attached hydrogens (tertiary/aromatic N) is 7. The van der Waals surface area contributed by atoms with Gasteiger partial charge < -0.3 is 73.7 Å². The predicted molar refractivity (Wildman–Crippen MR) is 342 cm³/mol. The van der Waals surface area contributed by atoms with Crippen molar-refractivity contribution in [3.05, 3.63) is 106 Å². The number of carbonyl (C=O) groups excluding carboxylic acids is 4. The monoisotopic (exact) mass is 1410 g/mol. The number of hydrogen-bond acceptors (Lipinski definition) is 18. The van der Waals surface area contributed by atoms with Crippen molar-refractivity contribution in [2.24, 2.45) is 5.73 Å². The number of nitrogens with two attached hydrogens (primary N) is 1.